The van der Waals surface area contributed by atoms with Crippen molar-refractivity contribution >= 4 is 40.6 Å². The molecular formula is C21H18ClNO5. The summed E-state index contributed by atoms with van der Waals surface area (Å²) < 4.78 is 5.16. The lowest BCUT2D eigenvalue weighted by Crippen LogP contribution is -2.31. The van der Waals surface area contributed by atoms with Crippen molar-refractivity contribution in [2.24, 2.45) is 0 Å². The van der Waals surface area contributed by atoms with E-state index in [1.807, 2.05) is 6.92 Å². The molecule has 1 heterocycles. The molecule has 1 N–H and O–H groups in total. The first-order valence-electron chi connectivity index (χ1n) is 8.79. The Morgan fingerprint density at radius 1 is 1.11 bits per heavy atom. The predicted octanol–water partition coefficient (Wildman–Crippen LogP) is 4.14. The average Bonchev–Trinajstić information content (AvgIpc) is 2.91. The maximum absolute atomic E-state index is 12.8. The molecule has 2 amide bonds. The summed E-state index contributed by atoms with van der Waals surface area (Å²) in [4.78, 5) is 38.3. The van der Waals surface area contributed by atoms with Gasteiger partial charge in [0.2, 0.25) is 0 Å². The lowest BCUT2D eigenvalue weighted by Gasteiger charge is -2.15. The molecule has 0 spiro atoms. The number of rotatable bonds is 6. The van der Waals surface area contributed by atoms with E-state index in [2.05, 4.69) is 0 Å². The number of halogens is 1. The van der Waals surface area contributed by atoms with Crippen LogP contribution in [0, 0.1) is 0 Å². The Morgan fingerprint density at radius 3 is 2.50 bits per heavy atom. The number of unbranched alkanes of at least 4 members (excludes halogenated alkanes) is 1. The Bertz CT molecular complexity index is 965. The summed E-state index contributed by atoms with van der Waals surface area (Å²) in [6, 6.07) is 12.2. The molecule has 0 aliphatic carbocycles. The lowest BCUT2D eigenvalue weighted by molar-refractivity contribution is -0.121. The lowest BCUT2D eigenvalue weighted by atomic mass is 10.1. The van der Waals surface area contributed by atoms with Crippen LogP contribution in [0.3, 0.4) is 0 Å². The zero-order chi connectivity index (χ0) is 20.3. The standard InChI is InChI=1S/C21H18ClNO5/c1-2-3-11-28-21(27)14-5-4-6-16(12-14)23-19(25)17(18(24)20(23)26)13-7-9-15(22)10-8-13/h4-10,12,24H,2-3,11H2,1H3. The minimum atomic E-state index is -0.855. The monoisotopic (exact) mass is 399 g/mol. The minimum absolute atomic E-state index is 0.113. The Morgan fingerprint density at radius 2 is 1.82 bits per heavy atom. The van der Waals surface area contributed by atoms with Crippen molar-refractivity contribution in [2.45, 2.75) is 19.8 Å². The molecule has 28 heavy (non-hydrogen) atoms. The third-order valence-electron chi connectivity index (χ3n) is 4.26. The van der Waals surface area contributed by atoms with Gasteiger partial charge in [-0.05, 0) is 42.3 Å². The zero-order valence-corrected chi connectivity index (χ0v) is 15.9. The highest BCUT2D eigenvalue weighted by atomic mass is 35.5. The normalized spacial score (nSPS) is 14.0. The van der Waals surface area contributed by atoms with Gasteiger partial charge in [-0.3, -0.25) is 9.59 Å². The summed E-state index contributed by atoms with van der Waals surface area (Å²) in [5.74, 6) is -2.72. The van der Waals surface area contributed by atoms with Crippen molar-refractivity contribution in [3.8, 4) is 0 Å². The van der Waals surface area contributed by atoms with E-state index in [-0.39, 0.29) is 16.8 Å². The number of aliphatic hydroxyl groups is 1. The Hall–Kier alpha value is -3.12. The van der Waals surface area contributed by atoms with E-state index in [1.54, 1.807) is 30.3 Å². The molecule has 2 aromatic carbocycles. The second-order valence-electron chi connectivity index (χ2n) is 6.22. The van der Waals surface area contributed by atoms with Crippen LogP contribution in [-0.4, -0.2) is 29.5 Å². The number of imide groups is 1. The number of esters is 1. The van der Waals surface area contributed by atoms with E-state index in [0.29, 0.717) is 17.2 Å². The number of carbonyl (C=O) groups is 3. The SMILES string of the molecule is CCCCOC(=O)c1cccc(N2C(=O)C(O)=C(c3ccc(Cl)cc3)C2=O)c1. The van der Waals surface area contributed by atoms with E-state index in [1.165, 1.54) is 18.2 Å². The molecule has 3 rings (SSSR count). The van der Waals surface area contributed by atoms with Gasteiger partial charge in [0.15, 0.2) is 5.76 Å². The molecule has 7 heteroatoms. The molecule has 0 radical (unpaired) electrons. The maximum Gasteiger partial charge on any atom is 0.338 e. The second-order valence-corrected chi connectivity index (χ2v) is 6.65. The fourth-order valence-corrected chi connectivity index (χ4v) is 2.92. The van der Waals surface area contributed by atoms with E-state index < -0.39 is 23.5 Å². The van der Waals surface area contributed by atoms with Gasteiger partial charge < -0.3 is 9.84 Å². The molecule has 0 bridgehead atoms. The van der Waals surface area contributed by atoms with Gasteiger partial charge in [-0.1, -0.05) is 43.1 Å². The van der Waals surface area contributed by atoms with Crippen LogP contribution in [-0.2, 0) is 14.3 Å². The number of anilines is 1. The number of aliphatic hydroxyl groups excluding tert-OH is 1. The second kappa shape index (κ2) is 8.27. The quantitative estimate of drug-likeness (QED) is 0.448. The van der Waals surface area contributed by atoms with Crippen LogP contribution >= 0.6 is 11.6 Å². The molecular weight excluding hydrogens is 382 g/mol. The highest BCUT2D eigenvalue weighted by Crippen LogP contribution is 2.32. The Kier molecular flexibility index (Phi) is 5.80. The number of hydrogen-bond donors (Lipinski definition) is 1. The third kappa shape index (κ3) is 3.77. The molecule has 0 saturated carbocycles. The van der Waals surface area contributed by atoms with Gasteiger partial charge >= 0.3 is 11.9 Å². The van der Waals surface area contributed by atoms with Crippen LogP contribution in [0.5, 0.6) is 0 Å². The van der Waals surface area contributed by atoms with Gasteiger partial charge in [-0.25, -0.2) is 9.69 Å². The molecule has 1 aliphatic heterocycles. The van der Waals surface area contributed by atoms with Gasteiger partial charge in [0.25, 0.3) is 5.91 Å². The van der Waals surface area contributed by atoms with Crippen LogP contribution in [0.4, 0.5) is 5.69 Å². The Labute approximate surface area is 167 Å². The van der Waals surface area contributed by atoms with Crippen molar-refractivity contribution in [2.75, 3.05) is 11.5 Å². The first kappa shape index (κ1) is 19.6. The first-order chi connectivity index (χ1) is 13.4. The Balaban J connectivity index is 1.88. The predicted molar refractivity (Wildman–Crippen MR) is 105 cm³/mol. The number of amides is 2. The van der Waals surface area contributed by atoms with Crippen molar-refractivity contribution in [1.29, 1.82) is 0 Å². The van der Waals surface area contributed by atoms with Gasteiger partial charge in [0.05, 0.1) is 23.4 Å². The molecule has 1 aliphatic rings. The van der Waals surface area contributed by atoms with Crippen molar-refractivity contribution < 1.29 is 24.2 Å². The summed E-state index contributed by atoms with van der Waals surface area (Å²) in [5.41, 5.74) is 0.652. The number of carbonyl (C=O) groups excluding carboxylic acids is 3. The summed E-state index contributed by atoms with van der Waals surface area (Å²) in [7, 11) is 0. The summed E-state index contributed by atoms with van der Waals surface area (Å²) in [6.07, 6.45) is 1.64. The first-order valence-corrected chi connectivity index (χ1v) is 9.17. The fraction of sp³-hybridized carbons (Fsp3) is 0.190. The highest BCUT2D eigenvalue weighted by Gasteiger charge is 2.40. The van der Waals surface area contributed by atoms with Crippen LogP contribution < -0.4 is 4.90 Å². The molecule has 2 aromatic rings. The maximum atomic E-state index is 12.8. The molecule has 6 nitrogen and oxygen atoms in total. The summed E-state index contributed by atoms with van der Waals surface area (Å²) >= 11 is 5.85. The van der Waals surface area contributed by atoms with Crippen LogP contribution in [0.25, 0.3) is 5.57 Å². The van der Waals surface area contributed by atoms with Gasteiger partial charge in [-0.2, -0.15) is 0 Å². The molecule has 0 unspecified atom stereocenters. The van der Waals surface area contributed by atoms with Gasteiger partial charge in [0, 0.05) is 5.02 Å². The number of benzene rings is 2. The summed E-state index contributed by atoms with van der Waals surface area (Å²) in [5, 5.41) is 10.7. The topological polar surface area (TPSA) is 83.9 Å². The third-order valence-corrected chi connectivity index (χ3v) is 4.52. The minimum Gasteiger partial charge on any atom is -0.502 e. The summed E-state index contributed by atoms with van der Waals surface area (Å²) in [6.45, 7) is 2.28. The van der Waals surface area contributed by atoms with E-state index in [0.717, 1.165) is 17.7 Å². The van der Waals surface area contributed by atoms with Crippen molar-refractivity contribution in [3.05, 3.63) is 70.4 Å². The smallest absolute Gasteiger partial charge is 0.338 e. The fourth-order valence-electron chi connectivity index (χ4n) is 2.79. The van der Waals surface area contributed by atoms with Crippen molar-refractivity contribution in [3.63, 3.8) is 0 Å². The van der Waals surface area contributed by atoms with Gasteiger partial charge in [-0.15, -0.1) is 0 Å². The van der Waals surface area contributed by atoms with E-state index in [9.17, 15) is 19.5 Å². The van der Waals surface area contributed by atoms with Gasteiger partial charge in [0.1, 0.15) is 0 Å². The largest absolute Gasteiger partial charge is 0.502 e. The van der Waals surface area contributed by atoms with E-state index in [4.69, 9.17) is 16.3 Å². The zero-order valence-electron chi connectivity index (χ0n) is 15.1. The van der Waals surface area contributed by atoms with Crippen molar-refractivity contribution in [1.82, 2.24) is 0 Å². The molecule has 144 valence electrons. The highest BCUT2D eigenvalue weighted by molar-refractivity contribution is 6.45. The molecule has 0 atom stereocenters. The van der Waals surface area contributed by atoms with E-state index >= 15 is 0 Å². The molecule has 0 fully saturated rings. The van der Waals surface area contributed by atoms with Crippen LogP contribution in [0.1, 0.15) is 35.7 Å². The molecule has 0 aromatic heterocycles. The average molecular weight is 400 g/mol. The number of nitrogens with zero attached hydrogens (tertiary/aromatic N) is 1. The molecule has 0 saturated heterocycles. The number of ether oxygens (including phenoxy) is 1. The van der Waals surface area contributed by atoms with Crippen LogP contribution in [0.2, 0.25) is 5.02 Å². The number of hydrogen-bond acceptors (Lipinski definition) is 5. The van der Waals surface area contributed by atoms with Crippen LogP contribution in [0.15, 0.2) is 54.3 Å².